The van der Waals surface area contributed by atoms with E-state index in [4.69, 9.17) is 5.73 Å². The quantitative estimate of drug-likeness (QED) is 0.298. The lowest BCUT2D eigenvalue weighted by Gasteiger charge is -2.33. The number of carbonyl (C=O) groups excluding carboxylic acids is 1. The van der Waals surface area contributed by atoms with Crippen LogP contribution in [0.15, 0.2) is 33.5 Å². The molecule has 2 aliphatic heterocycles. The van der Waals surface area contributed by atoms with Gasteiger partial charge in [0.1, 0.15) is 30.2 Å². The molecule has 0 aromatic rings. The van der Waals surface area contributed by atoms with E-state index in [0.717, 1.165) is 6.42 Å². The zero-order chi connectivity index (χ0) is 21.9. The molecule has 0 bridgehead atoms. The number of carbonyl (C=O) groups is 1. The van der Waals surface area contributed by atoms with Crippen molar-refractivity contribution in [1.29, 1.82) is 0 Å². The zero-order valence-electron chi connectivity index (χ0n) is 17.1. The van der Waals surface area contributed by atoms with Crippen molar-refractivity contribution in [2.75, 3.05) is 13.6 Å². The van der Waals surface area contributed by atoms with Crippen LogP contribution in [0.1, 0.15) is 12.8 Å². The molecule has 10 nitrogen and oxygen atoms in total. The van der Waals surface area contributed by atoms with Crippen molar-refractivity contribution in [3.63, 3.8) is 0 Å². The number of hydrogen-bond acceptors (Lipinski definition) is 9. The molecule has 31 heavy (non-hydrogen) atoms. The molecular formula is C20H28FN7O3. The largest absolute Gasteiger partial charge is 0.390 e. The van der Waals surface area contributed by atoms with E-state index in [1.54, 1.807) is 7.05 Å². The standard InChI is InChI=1S/C20H28FN7O3/c1-28(6-8-4-9(21)2-3-12(8)22)20(31)15-13-18(23-7-24-19(13)27-26-15)25-14-10-5-11(10)16(29)17(14)30/h2,4,7,10-18,25-26,29-30H,3,5-6,22H2,1H3,(H,23,24,27)/t10-,11+,12?,13?,14+,15?,16+,17-,18?/m0/s1. The molecule has 3 fully saturated rings. The highest BCUT2D eigenvalue weighted by Crippen LogP contribution is 2.52. The molecule has 0 aromatic heterocycles. The molecule has 0 spiro atoms. The van der Waals surface area contributed by atoms with Crippen LogP contribution in [0.3, 0.4) is 0 Å². The minimum atomic E-state index is -0.858. The van der Waals surface area contributed by atoms with E-state index in [0.29, 0.717) is 17.8 Å². The molecule has 5 rings (SSSR count). The van der Waals surface area contributed by atoms with Gasteiger partial charge < -0.3 is 26.3 Å². The van der Waals surface area contributed by atoms with E-state index in [1.165, 1.54) is 23.4 Å². The predicted octanol–water partition coefficient (Wildman–Crippen LogP) is -1.86. The maximum Gasteiger partial charge on any atom is 0.242 e. The second kappa shape index (κ2) is 7.75. The summed E-state index contributed by atoms with van der Waals surface area (Å²) in [5.74, 6) is -0.0292. The third-order valence-corrected chi connectivity index (χ3v) is 7.10. The fourth-order valence-electron chi connectivity index (χ4n) is 5.22. The molecule has 168 valence electrons. The minimum absolute atomic E-state index is 0.124. The summed E-state index contributed by atoms with van der Waals surface area (Å²) in [6.07, 6.45) is 3.46. The number of rotatable bonds is 5. The highest BCUT2D eigenvalue weighted by atomic mass is 19.1. The van der Waals surface area contributed by atoms with E-state index in [2.05, 4.69) is 26.2 Å². The summed E-state index contributed by atoms with van der Waals surface area (Å²) in [5, 5.41) is 23.8. The van der Waals surface area contributed by atoms with Gasteiger partial charge in [-0.2, -0.15) is 0 Å². The number of nitrogens with two attached hydrogens (primary N) is 1. The minimum Gasteiger partial charge on any atom is -0.390 e. The van der Waals surface area contributed by atoms with Crippen LogP contribution in [-0.4, -0.2) is 83.3 Å². The summed E-state index contributed by atoms with van der Waals surface area (Å²) in [4.78, 5) is 23.4. The third-order valence-electron chi connectivity index (χ3n) is 7.10. The van der Waals surface area contributed by atoms with Gasteiger partial charge in [-0.25, -0.2) is 14.8 Å². The SMILES string of the molecule is CN(CC1=CC(F)=CCC1N)C(=O)C1NNC2=NC=NC(N[C@H]3[C@H](O)[C@H](O)[C@@H]4C[C@@H]43)C21. The summed E-state index contributed by atoms with van der Waals surface area (Å²) in [7, 11) is 1.66. The van der Waals surface area contributed by atoms with Gasteiger partial charge in [-0.15, -0.1) is 0 Å². The molecular weight excluding hydrogens is 405 g/mol. The number of hydrogen-bond donors (Lipinski definition) is 6. The van der Waals surface area contributed by atoms with E-state index >= 15 is 0 Å². The summed E-state index contributed by atoms with van der Waals surface area (Å²) in [6, 6.07) is -1.26. The second-order valence-electron chi connectivity index (χ2n) is 9.08. The van der Waals surface area contributed by atoms with Gasteiger partial charge in [0.2, 0.25) is 5.91 Å². The monoisotopic (exact) mass is 433 g/mol. The molecule has 9 atom stereocenters. The fraction of sp³-hybridized carbons (Fsp3) is 0.650. The van der Waals surface area contributed by atoms with Gasteiger partial charge in [0.05, 0.1) is 18.1 Å². The summed E-state index contributed by atoms with van der Waals surface area (Å²) in [6.45, 7) is 0.220. The lowest BCUT2D eigenvalue weighted by molar-refractivity contribution is -0.132. The Balaban J connectivity index is 1.29. The summed E-state index contributed by atoms with van der Waals surface area (Å²) >= 11 is 0. The number of allylic oxidation sites excluding steroid dienone is 2. The lowest BCUT2D eigenvalue weighted by Crippen LogP contribution is -2.56. The second-order valence-corrected chi connectivity index (χ2v) is 9.08. The molecule has 3 aliphatic carbocycles. The number of amidine groups is 1. The Morgan fingerprint density at radius 2 is 2.19 bits per heavy atom. The third kappa shape index (κ3) is 3.60. The Hall–Kier alpha value is -2.18. The van der Waals surface area contributed by atoms with Gasteiger partial charge >= 0.3 is 0 Å². The highest BCUT2D eigenvalue weighted by Gasteiger charge is 2.60. The Morgan fingerprint density at radius 3 is 2.94 bits per heavy atom. The molecule has 5 aliphatic rings. The van der Waals surface area contributed by atoms with Crippen LogP contribution in [0.5, 0.6) is 0 Å². The van der Waals surface area contributed by atoms with Crippen LogP contribution in [0, 0.1) is 17.8 Å². The molecule has 2 saturated carbocycles. The van der Waals surface area contributed by atoms with Crippen LogP contribution < -0.4 is 21.9 Å². The maximum atomic E-state index is 13.6. The average Bonchev–Trinajstić information content (AvgIpc) is 3.36. The number of halogens is 1. The molecule has 11 heteroatoms. The molecule has 7 N–H and O–H groups in total. The van der Waals surface area contributed by atoms with Crippen molar-refractivity contribution in [2.45, 2.75) is 49.3 Å². The van der Waals surface area contributed by atoms with E-state index in [9.17, 15) is 19.4 Å². The van der Waals surface area contributed by atoms with Crippen LogP contribution in [-0.2, 0) is 4.79 Å². The molecule has 4 unspecified atom stereocenters. The van der Waals surface area contributed by atoms with Gasteiger partial charge in [0.25, 0.3) is 0 Å². The average molecular weight is 433 g/mol. The number of hydrazine groups is 1. The van der Waals surface area contributed by atoms with Crippen molar-refractivity contribution < 1.29 is 19.4 Å². The Labute approximate surface area is 179 Å². The van der Waals surface area contributed by atoms with Crippen LogP contribution >= 0.6 is 0 Å². The normalized spacial score (nSPS) is 42.7. The zero-order valence-corrected chi connectivity index (χ0v) is 17.1. The van der Waals surface area contributed by atoms with Gasteiger partial charge in [0.15, 0.2) is 0 Å². The molecule has 1 saturated heterocycles. The van der Waals surface area contributed by atoms with Crippen LogP contribution in [0.25, 0.3) is 0 Å². The first-order valence-corrected chi connectivity index (χ1v) is 10.6. The van der Waals surface area contributed by atoms with Crippen molar-refractivity contribution in [1.82, 2.24) is 21.1 Å². The number of fused-ring (bicyclic) bond motifs is 2. The molecule has 2 heterocycles. The number of nitrogens with zero attached hydrogens (tertiary/aromatic N) is 3. The first-order valence-electron chi connectivity index (χ1n) is 10.6. The lowest BCUT2D eigenvalue weighted by atomic mass is 9.93. The number of nitrogens with one attached hydrogen (secondary N) is 3. The van der Waals surface area contributed by atoms with E-state index < -0.39 is 30.3 Å². The van der Waals surface area contributed by atoms with Crippen molar-refractivity contribution in [3.05, 3.63) is 23.6 Å². The Kier molecular flexibility index (Phi) is 5.18. The Bertz CT molecular complexity index is 890. The fourth-order valence-corrected chi connectivity index (χ4v) is 5.22. The predicted molar refractivity (Wildman–Crippen MR) is 111 cm³/mol. The number of amides is 1. The van der Waals surface area contributed by atoms with E-state index in [-0.39, 0.29) is 42.2 Å². The maximum absolute atomic E-state index is 13.6. The molecule has 0 radical (unpaired) electrons. The van der Waals surface area contributed by atoms with Gasteiger partial charge in [-0.05, 0) is 42.4 Å². The van der Waals surface area contributed by atoms with Gasteiger partial charge in [0, 0.05) is 25.7 Å². The number of likely N-dealkylation sites (N-methyl/N-ethyl adjacent to an activating group) is 1. The van der Waals surface area contributed by atoms with Crippen molar-refractivity contribution in [3.8, 4) is 0 Å². The number of aliphatic hydroxyl groups excluding tert-OH is 2. The first-order chi connectivity index (χ1) is 14.8. The molecule has 1 amide bonds. The molecule has 0 aromatic carbocycles. The van der Waals surface area contributed by atoms with Gasteiger partial charge in [-0.1, -0.05) is 0 Å². The topological polar surface area (TPSA) is 148 Å². The van der Waals surface area contributed by atoms with Crippen LogP contribution in [0.2, 0.25) is 0 Å². The highest BCUT2D eigenvalue weighted by molar-refractivity contribution is 6.00. The van der Waals surface area contributed by atoms with Crippen molar-refractivity contribution in [2.24, 2.45) is 33.5 Å². The first kappa shape index (κ1) is 20.7. The van der Waals surface area contributed by atoms with Gasteiger partial charge in [-0.3, -0.25) is 15.1 Å². The smallest absolute Gasteiger partial charge is 0.242 e. The number of aliphatic imine (C=N–C) groups is 2. The number of aliphatic hydroxyl groups is 2. The summed E-state index contributed by atoms with van der Waals surface area (Å²) in [5.41, 5.74) is 12.7. The van der Waals surface area contributed by atoms with E-state index in [1.807, 2.05) is 0 Å². The summed E-state index contributed by atoms with van der Waals surface area (Å²) < 4.78 is 13.6. The van der Waals surface area contributed by atoms with Crippen LogP contribution in [0.4, 0.5) is 4.39 Å². The van der Waals surface area contributed by atoms with Crippen molar-refractivity contribution >= 4 is 18.1 Å². The Morgan fingerprint density at radius 1 is 1.39 bits per heavy atom.